The number of rotatable bonds is 6. The maximum Gasteiger partial charge on any atom is 0.229 e. The van der Waals surface area contributed by atoms with Crippen molar-refractivity contribution in [2.24, 2.45) is 5.92 Å². The van der Waals surface area contributed by atoms with Crippen molar-refractivity contribution < 1.29 is 13.2 Å². The molecular weight excluding hydrogens is 394 g/mol. The third-order valence-corrected chi connectivity index (χ3v) is 7.31. The summed E-state index contributed by atoms with van der Waals surface area (Å²) in [6, 6.07) is 5.75. The van der Waals surface area contributed by atoms with Crippen LogP contribution in [0, 0.1) is 5.92 Å². The summed E-state index contributed by atoms with van der Waals surface area (Å²) in [6.45, 7) is 0.746. The van der Waals surface area contributed by atoms with Gasteiger partial charge in [0.15, 0.2) is 4.34 Å². The molecule has 1 saturated heterocycles. The lowest BCUT2D eigenvalue weighted by Crippen LogP contribution is -2.40. The van der Waals surface area contributed by atoms with Crippen LogP contribution in [0.15, 0.2) is 28.7 Å². The fraction of sp³-hybridized carbons (Fsp3) is 0.467. The van der Waals surface area contributed by atoms with Crippen molar-refractivity contribution in [3.63, 3.8) is 0 Å². The summed E-state index contributed by atoms with van der Waals surface area (Å²) in [4.78, 5) is 16.6. The maximum absolute atomic E-state index is 12.4. The Labute approximate surface area is 160 Å². The topological polar surface area (TPSA) is 105 Å². The van der Waals surface area contributed by atoms with Gasteiger partial charge in [-0.05, 0) is 25.0 Å². The number of nitrogens with one attached hydrogen (secondary N) is 1. The molecule has 1 N–H and O–H groups in total. The van der Waals surface area contributed by atoms with E-state index in [0.717, 1.165) is 10.0 Å². The second kappa shape index (κ2) is 8.42. The van der Waals surface area contributed by atoms with E-state index in [-0.39, 0.29) is 11.8 Å². The number of hydrogen-bond donors (Lipinski definition) is 1. The van der Waals surface area contributed by atoms with Crippen LogP contribution in [0.4, 0.5) is 5.13 Å². The zero-order valence-corrected chi connectivity index (χ0v) is 16.6. The molecule has 1 aliphatic heterocycles. The van der Waals surface area contributed by atoms with E-state index in [1.165, 1.54) is 33.7 Å². The van der Waals surface area contributed by atoms with E-state index in [1.54, 1.807) is 6.20 Å². The molecule has 1 amide bonds. The van der Waals surface area contributed by atoms with Crippen molar-refractivity contribution in [1.29, 1.82) is 0 Å². The Kier molecular flexibility index (Phi) is 6.22. The van der Waals surface area contributed by atoms with Crippen LogP contribution in [-0.4, -0.2) is 53.2 Å². The highest BCUT2D eigenvalue weighted by Crippen LogP contribution is 2.28. The standard InChI is InChI=1S/C15H19N5O3S3/c1-26(22,23)20-8-5-11(6-9-20)13(21)17-14-18-19-15(25-14)24-10-12-4-2-3-7-16-12/h2-4,7,11H,5-6,8-10H2,1H3,(H,17,18,21). The highest BCUT2D eigenvalue weighted by atomic mass is 32.2. The molecule has 0 unspecified atom stereocenters. The Morgan fingerprint density at radius 2 is 2.12 bits per heavy atom. The Bertz CT molecular complexity index is 848. The highest BCUT2D eigenvalue weighted by molar-refractivity contribution is 8.00. The van der Waals surface area contributed by atoms with Crippen LogP contribution in [-0.2, 0) is 20.6 Å². The van der Waals surface area contributed by atoms with Gasteiger partial charge in [0.05, 0.1) is 11.9 Å². The average Bonchev–Trinajstić information content (AvgIpc) is 3.07. The molecule has 0 aliphatic carbocycles. The third kappa shape index (κ3) is 5.22. The molecule has 2 aromatic rings. The minimum absolute atomic E-state index is 0.129. The predicted molar refractivity (Wildman–Crippen MR) is 101 cm³/mol. The zero-order valence-electron chi connectivity index (χ0n) is 14.2. The molecule has 1 fully saturated rings. The van der Waals surface area contributed by atoms with Gasteiger partial charge < -0.3 is 5.32 Å². The van der Waals surface area contributed by atoms with Gasteiger partial charge in [-0.1, -0.05) is 29.2 Å². The first-order valence-corrected chi connectivity index (χ1v) is 11.7. The van der Waals surface area contributed by atoms with Gasteiger partial charge in [0.25, 0.3) is 0 Å². The number of aromatic nitrogens is 3. The number of piperidine rings is 1. The first kappa shape index (κ1) is 19.2. The molecule has 0 spiro atoms. The van der Waals surface area contributed by atoms with E-state index >= 15 is 0 Å². The first-order valence-electron chi connectivity index (χ1n) is 8.04. The first-order chi connectivity index (χ1) is 12.4. The van der Waals surface area contributed by atoms with Crippen LogP contribution in [0.1, 0.15) is 18.5 Å². The molecule has 0 atom stereocenters. The lowest BCUT2D eigenvalue weighted by Gasteiger charge is -2.29. The van der Waals surface area contributed by atoms with Gasteiger partial charge >= 0.3 is 0 Å². The monoisotopic (exact) mass is 413 g/mol. The molecule has 0 saturated carbocycles. The van der Waals surface area contributed by atoms with Crippen LogP contribution < -0.4 is 5.32 Å². The van der Waals surface area contributed by atoms with Gasteiger partial charge in [-0.15, -0.1) is 10.2 Å². The molecule has 3 heterocycles. The van der Waals surface area contributed by atoms with Gasteiger partial charge in [0.1, 0.15) is 0 Å². The summed E-state index contributed by atoms with van der Waals surface area (Å²) < 4.78 is 25.2. The largest absolute Gasteiger partial charge is 0.300 e. The van der Waals surface area contributed by atoms with Gasteiger partial charge in [-0.2, -0.15) is 0 Å². The molecule has 11 heteroatoms. The van der Waals surface area contributed by atoms with Crippen molar-refractivity contribution >= 4 is 44.2 Å². The van der Waals surface area contributed by atoms with Crippen molar-refractivity contribution in [3.05, 3.63) is 30.1 Å². The number of nitrogens with zero attached hydrogens (tertiary/aromatic N) is 4. The van der Waals surface area contributed by atoms with Crippen LogP contribution in [0.3, 0.4) is 0 Å². The van der Waals surface area contributed by atoms with Crippen molar-refractivity contribution in [3.8, 4) is 0 Å². The van der Waals surface area contributed by atoms with Gasteiger partial charge in [-0.25, -0.2) is 12.7 Å². The highest BCUT2D eigenvalue weighted by Gasteiger charge is 2.29. The number of pyridine rings is 1. The zero-order chi connectivity index (χ0) is 18.6. The van der Waals surface area contributed by atoms with Crippen molar-refractivity contribution in [2.45, 2.75) is 22.9 Å². The van der Waals surface area contributed by atoms with E-state index in [1.807, 2.05) is 18.2 Å². The second-order valence-electron chi connectivity index (χ2n) is 5.91. The van der Waals surface area contributed by atoms with E-state index < -0.39 is 10.0 Å². The lowest BCUT2D eigenvalue weighted by molar-refractivity contribution is -0.120. The normalized spacial score (nSPS) is 16.5. The number of anilines is 1. The maximum atomic E-state index is 12.4. The van der Waals surface area contributed by atoms with Crippen LogP contribution in [0.5, 0.6) is 0 Å². The molecule has 26 heavy (non-hydrogen) atoms. The molecular formula is C15H19N5O3S3. The third-order valence-electron chi connectivity index (χ3n) is 4.00. The van der Waals surface area contributed by atoms with E-state index in [9.17, 15) is 13.2 Å². The molecule has 2 aromatic heterocycles. The summed E-state index contributed by atoms with van der Waals surface area (Å²) in [5.41, 5.74) is 0.955. The molecule has 1 aliphatic rings. The SMILES string of the molecule is CS(=O)(=O)N1CCC(C(=O)Nc2nnc(SCc3ccccn3)s2)CC1. The molecule has 0 radical (unpaired) electrons. The summed E-state index contributed by atoms with van der Waals surface area (Å²) in [6.07, 6.45) is 3.97. The van der Waals surface area contributed by atoms with Gasteiger partial charge in [-0.3, -0.25) is 9.78 Å². The molecule has 8 nitrogen and oxygen atoms in total. The summed E-state index contributed by atoms with van der Waals surface area (Å²) >= 11 is 2.84. The Hall–Kier alpha value is -1.56. The fourth-order valence-corrected chi connectivity index (χ4v) is 5.14. The van der Waals surface area contributed by atoms with Crippen molar-refractivity contribution in [1.82, 2.24) is 19.5 Å². The summed E-state index contributed by atoms with van der Waals surface area (Å²) in [7, 11) is -3.19. The van der Waals surface area contributed by atoms with E-state index in [4.69, 9.17) is 0 Å². The van der Waals surface area contributed by atoms with Crippen LogP contribution in [0.25, 0.3) is 0 Å². The molecule has 3 rings (SSSR count). The number of thioether (sulfide) groups is 1. The summed E-state index contributed by atoms with van der Waals surface area (Å²) in [5.74, 6) is 0.352. The predicted octanol–water partition coefficient (Wildman–Crippen LogP) is 1.84. The quantitative estimate of drug-likeness (QED) is 0.569. The number of hydrogen-bond acceptors (Lipinski definition) is 8. The minimum Gasteiger partial charge on any atom is -0.300 e. The lowest BCUT2D eigenvalue weighted by atomic mass is 9.97. The van der Waals surface area contributed by atoms with Gasteiger partial charge in [0, 0.05) is 31.0 Å². The van der Waals surface area contributed by atoms with Gasteiger partial charge in [0.2, 0.25) is 21.1 Å². The van der Waals surface area contributed by atoms with E-state index in [0.29, 0.717) is 36.8 Å². The van der Waals surface area contributed by atoms with Crippen LogP contribution in [0.2, 0.25) is 0 Å². The summed E-state index contributed by atoms with van der Waals surface area (Å²) in [5, 5.41) is 11.3. The number of amides is 1. The molecule has 140 valence electrons. The smallest absolute Gasteiger partial charge is 0.229 e. The Morgan fingerprint density at radius 1 is 1.35 bits per heavy atom. The van der Waals surface area contributed by atoms with E-state index in [2.05, 4.69) is 20.5 Å². The second-order valence-corrected chi connectivity index (χ2v) is 10.1. The number of carbonyl (C=O) groups is 1. The number of sulfonamides is 1. The Balaban J connectivity index is 1.49. The number of carbonyl (C=O) groups excluding carboxylic acids is 1. The van der Waals surface area contributed by atoms with Crippen LogP contribution >= 0.6 is 23.1 Å². The fourth-order valence-electron chi connectivity index (χ4n) is 2.59. The molecule has 0 aromatic carbocycles. The van der Waals surface area contributed by atoms with Crippen molar-refractivity contribution in [2.75, 3.05) is 24.7 Å². The molecule has 0 bridgehead atoms. The Morgan fingerprint density at radius 3 is 2.77 bits per heavy atom. The minimum atomic E-state index is -3.19. The average molecular weight is 414 g/mol.